The molecule has 0 spiro atoms. The number of carbonyl (C=O) groups is 2. The summed E-state index contributed by atoms with van der Waals surface area (Å²) in [7, 11) is 1.55. The fourth-order valence-electron chi connectivity index (χ4n) is 1.15. The first-order valence-corrected chi connectivity index (χ1v) is 5.88. The molecule has 1 aromatic rings. The average molecular weight is 300 g/mol. The first-order chi connectivity index (χ1) is 8.11. The summed E-state index contributed by atoms with van der Waals surface area (Å²) in [5.74, 6) is -0.341. The van der Waals surface area contributed by atoms with Gasteiger partial charge >= 0.3 is 0 Å². The van der Waals surface area contributed by atoms with Gasteiger partial charge in [0.2, 0.25) is 11.8 Å². The lowest BCUT2D eigenvalue weighted by Gasteiger charge is -2.06. The molecule has 0 aliphatic rings. The van der Waals surface area contributed by atoms with E-state index in [1.54, 1.807) is 19.2 Å². The molecular formula is C11H14BrN3O2. The lowest BCUT2D eigenvalue weighted by atomic mass is 10.3. The summed E-state index contributed by atoms with van der Waals surface area (Å²) in [6.45, 7) is 0.225. The maximum atomic E-state index is 11.5. The van der Waals surface area contributed by atoms with Crippen LogP contribution in [0, 0.1) is 0 Å². The van der Waals surface area contributed by atoms with E-state index in [0.717, 1.165) is 4.47 Å². The molecule has 0 aliphatic carbocycles. The van der Waals surface area contributed by atoms with Gasteiger partial charge in [-0.25, -0.2) is 0 Å². The molecule has 0 radical (unpaired) electrons. The van der Waals surface area contributed by atoms with E-state index in [2.05, 4.69) is 31.9 Å². The van der Waals surface area contributed by atoms with E-state index < -0.39 is 0 Å². The van der Waals surface area contributed by atoms with Gasteiger partial charge < -0.3 is 10.6 Å². The predicted molar refractivity (Wildman–Crippen MR) is 69.7 cm³/mol. The molecule has 0 saturated carbocycles. The number of halogens is 1. The van der Waals surface area contributed by atoms with Crippen molar-refractivity contribution < 1.29 is 9.59 Å². The second-order valence-electron chi connectivity index (χ2n) is 3.34. The number of benzene rings is 1. The molecule has 0 heterocycles. The van der Waals surface area contributed by atoms with Crippen molar-refractivity contribution >= 4 is 33.4 Å². The largest absolute Gasteiger partial charge is 0.358 e. The number of anilines is 1. The smallest absolute Gasteiger partial charge is 0.238 e. The van der Waals surface area contributed by atoms with E-state index in [1.807, 2.05) is 12.1 Å². The Hall–Kier alpha value is -1.40. The fourth-order valence-corrected chi connectivity index (χ4v) is 1.55. The van der Waals surface area contributed by atoms with Crippen molar-refractivity contribution in [3.05, 3.63) is 28.7 Å². The minimum Gasteiger partial charge on any atom is -0.358 e. The van der Waals surface area contributed by atoms with Crippen molar-refractivity contribution in [3.63, 3.8) is 0 Å². The monoisotopic (exact) mass is 299 g/mol. The maximum absolute atomic E-state index is 11.5. The van der Waals surface area contributed by atoms with Gasteiger partial charge in [0.15, 0.2) is 0 Å². The number of hydrogen-bond acceptors (Lipinski definition) is 3. The highest BCUT2D eigenvalue weighted by molar-refractivity contribution is 9.10. The molecule has 0 unspecified atom stereocenters. The number of carbonyl (C=O) groups excluding carboxylic acids is 2. The van der Waals surface area contributed by atoms with Crippen molar-refractivity contribution in [2.75, 3.05) is 25.5 Å². The molecule has 0 fully saturated rings. The molecule has 0 saturated heterocycles. The molecule has 1 rings (SSSR count). The van der Waals surface area contributed by atoms with Crippen molar-refractivity contribution in [3.8, 4) is 0 Å². The average Bonchev–Trinajstić information content (AvgIpc) is 2.28. The molecule has 92 valence electrons. The zero-order valence-electron chi connectivity index (χ0n) is 9.42. The number of amides is 2. The van der Waals surface area contributed by atoms with Gasteiger partial charge in [-0.3, -0.25) is 14.9 Å². The Kier molecular flexibility index (Phi) is 5.65. The third-order valence-electron chi connectivity index (χ3n) is 1.96. The highest BCUT2D eigenvalue weighted by Crippen LogP contribution is 2.15. The number of hydrogen-bond donors (Lipinski definition) is 3. The van der Waals surface area contributed by atoms with E-state index in [4.69, 9.17) is 0 Å². The van der Waals surface area contributed by atoms with Crippen molar-refractivity contribution in [1.29, 1.82) is 0 Å². The van der Waals surface area contributed by atoms with Gasteiger partial charge in [0.05, 0.1) is 13.1 Å². The normalized spacial score (nSPS) is 9.76. The summed E-state index contributed by atoms with van der Waals surface area (Å²) in [6, 6.07) is 7.30. The Labute approximate surface area is 108 Å². The maximum Gasteiger partial charge on any atom is 0.238 e. The van der Waals surface area contributed by atoms with Gasteiger partial charge in [-0.2, -0.15) is 0 Å². The zero-order chi connectivity index (χ0) is 12.7. The summed E-state index contributed by atoms with van der Waals surface area (Å²) in [6.07, 6.45) is 0. The molecule has 3 N–H and O–H groups in total. The fraction of sp³-hybridized carbons (Fsp3) is 0.273. The Morgan fingerprint density at radius 1 is 1.24 bits per heavy atom. The Morgan fingerprint density at radius 3 is 2.59 bits per heavy atom. The van der Waals surface area contributed by atoms with Crippen LogP contribution in [-0.4, -0.2) is 32.0 Å². The van der Waals surface area contributed by atoms with Crippen LogP contribution >= 0.6 is 15.9 Å². The Morgan fingerprint density at radius 2 is 1.94 bits per heavy atom. The highest BCUT2D eigenvalue weighted by atomic mass is 79.9. The Balaban J connectivity index is 2.32. The van der Waals surface area contributed by atoms with E-state index in [0.29, 0.717) is 5.69 Å². The van der Waals surface area contributed by atoms with Crippen LogP contribution in [0.2, 0.25) is 0 Å². The number of nitrogens with one attached hydrogen (secondary N) is 3. The van der Waals surface area contributed by atoms with Gasteiger partial charge in [0.1, 0.15) is 0 Å². The number of rotatable bonds is 5. The third kappa shape index (κ3) is 5.46. The Bertz CT molecular complexity index is 409. The van der Waals surface area contributed by atoms with Crippen LogP contribution in [0.4, 0.5) is 5.69 Å². The lowest BCUT2D eigenvalue weighted by molar-refractivity contribution is -0.119. The predicted octanol–water partition coefficient (Wildman–Crippen LogP) is 0.723. The second-order valence-corrected chi connectivity index (χ2v) is 4.25. The molecule has 5 nitrogen and oxygen atoms in total. The van der Waals surface area contributed by atoms with Crippen molar-refractivity contribution in [2.24, 2.45) is 0 Å². The molecule has 0 aliphatic heterocycles. The first-order valence-electron chi connectivity index (χ1n) is 5.08. The van der Waals surface area contributed by atoms with Crippen molar-refractivity contribution in [2.45, 2.75) is 0 Å². The van der Waals surface area contributed by atoms with Crippen LogP contribution in [0.3, 0.4) is 0 Å². The quantitative estimate of drug-likeness (QED) is 0.750. The zero-order valence-corrected chi connectivity index (χ0v) is 11.0. The molecular weight excluding hydrogens is 286 g/mol. The van der Waals surface area contributed by atoms with Gasteiger partial charge in [-0.05, 0) is 18.2 Å². The summed E-state index contributed by atoms with van der Waals surface area (Å²) in [4.78, 5) is 22.4. The molecule has 1 aromatic carbocycles. The van der Waals surface area contributed by atoms with Crippen LogP contribution in [0.25, 0.3) is 0 Å². The summed E-state index contributed by atoms with van der Waals surface area (Å²) >= 11 is 3.31. The molecule has 17 heavy (non-hydrogen) atoms. The molecule has 0 aromatic heterocycles. The number of likely N-dealkylation sites (N-methyl/N-ethyl adjacent to an activating group) is 1. The minimum absolute atomic E-state index is 0.0972. The first kappa shape index (κ1) is 13.7. The van der Waals surface area contributed by atoms with Gasteiger partial charge in [-0.15, -0.1) is 0 Å². The lowest BCUT2D eigenvalue weighted by Crippen LogP contribution is -2.36. The van der Waals surface area contributed by atoms with Crippen LogP contribution in [-0.2, 0) is 9.59 Å². The van der Waals surface area contributed by atoms with Gasteiger partial charge in [0.25, 0.3) is 0 Å². The van der Waals surface area contributed by atoms with E-state index >= 15 is 0 Å². The minimum atomic E-state index is -0.188. The van der Waals surface area contributed by atoms with Gasteiger partial charge in [-0.1, -0.05) is 22.0 Å². The van der Waals surface area contributed by atoms with E-state index in [-0.39, 0.29) is 24.9 Å². The molecule has 0 bridgehead atoms. The SMILES string of the molecule is CNC(=O)CNCC(=O)Nc1cccc(Br)c1. The van der Waals surface area contributed by atoms with Crippen LogP contribution in [0.5, 0.6) is 0 Å². The van der Waals surface area contributed by atoms with Gasteiger partial charge in [0, 0.05) is 17.2 Å². The third-order valence-corrected chi connectivity index (χ3v) is 2.45. The standard InChI is InChI=1S/C11H14BrN3O2/c1-13-10(16)6-14-7-11(17)15-9-4-2-3-8(12)5-9/h2-5,14H,6-7H2,1H3,(H,13,16)(H,15,17). The molecule has 2 amide bonds. The van der Waals surface area contributed by atoms with E-state index in [9.17, 15) is 9.59 Å². The summed E-state index contributed by atoms with van der Waals surface area (Å²) in [5.41, 5.74) is 0.714. The van der Waals surface area contributed by atoms with E-state index in [1.165, 1.54) is 0 Å². The topological polar surface area (TPSA) is 70.2 Å². The van der Waals surface area contributed by atoms with Crippen molar-refractivity contribution in [1.82, 2.24) is 10.6 Å². The molecule has 0 atom stereocenters. The molecule has 6 heteroatoms. The van der Waals surface area contributed by atoms with Crippen LogP contribution in [0.15, 0.2) is 28.7 Å². The second kappa shape index (κ2) is 7.03. The van der Waals surface area contributed by atoms with Crippen LogP contribution in [0.1, 0.15) is 0 Å². The van der Waals surface area contributed by atoms with Crippen LogP contribution < -0.4 is 16.0 Å². The highest BCUT2D eigenvalue weighted by Gasteiger charge is 2.03. The summed E-state index contributed by atoms with van der Waals surface area (Å²) < 4.78 is 0.897. The summed E-state index contributed by atoms with van der Waals surface area (Å²) in [5, 5.41) is 7.90.